The molecule has 0 saturated carbocycles. The van der Waals surface area contributed by atoms with Crippen molar-refractivity contribution in [1.29, 1.82) is 0 Å². The molecule has 1 atom stereocenters. The highest BCUT2D eigenvalue weighted by atomic mass is 16.2. The Hall–Kier alpha value is -2.96. The van der Waals surface area contributed by atoms with E-state index < -0.39 is 0 Å². The van der Waals surface area contributed by atoms with Gasteiger partial charge in [0, 0.05) is 26.6 Å². The van der Waals surface area contributed by atoms with E-state index in [0.29, 0.717) is 13.0 Å². The largest absolute Gasteiger partial charge is 0.372 e. The van der Waals surface area contributed by atoms with E-state index >= 15 is 0 Å². The molecule has 7 nitrogen and oxygen atoms in total. The van der Waals surface area contributed by atoms with Crippen LogP contribution in [0.5, 0.6) is 0 Å². The summed E-state index contributed by atoms with van der Waals surface area (Å²) in [5.74, 6) is 0.883. The number of para-hydroxylation sites is 2. The fourth-order valence-corrected chi connectivity index (χ4v) is 3.58. The number of nitrogens with zero attached hydrogens (tertiary/aromatic N) is 5. The Labute approximate surface area is 152 Å². The molecule has 1 N–H and O–H groups in total. The molecule has 2 aromatic heterocycles. The van der Waals surface area contributed by atoms with Gasteiger partial charge in [-0.05, 0) is 25.0 Å². The van der Waals surface area contributed by atoms with Gasteiger partial charge in [-0.3, -0.25) is 9.78 Å². The molecule has 0 unspecified atom stereocenters. The van der Waals surface area contributed by atoms with E-state index in [0.717, 1.165) is 41.9 Å². The summed E-state index contributed by atoms with van der Waals surface area (Å²) in [7, 11) is 1.82. The summed E-state index contributed by atoms with van der Waals surface area (Å²) in [5.41, 5.74) is 2.87. The van der Waals surface area contributed by atoms with Gasteiger partial charge in [0.05, 0.1) is 41.5 Å². The lowest BCUT2D eigenvalue weighted by molar-refractivity contribution is -0.132. The topological polar surface area (TPSA) is 75.9 Å². The van der Waals surface area contributed by atoms with E-state index in [4.69, 9.17) is 0 Å². The summed E-state index contributed by atoms with van der Waals surface area (Å²) in [6, 6.07) is 8.00. The molecule has 0 bridgehead atoms. The number of anilines is 1. The van der Waals surface area contributed by atoms with Gasteiger partial charge in [-0.15, -0.1) is 0 Å². The molecule has 0 radical (unpaired) electrons. The fraction of sp³-hybridized carbons (Fsp3) is 0.368. The number of likely N-dealkylation sites (tertiary alicyclic amines) is 1. The lowest BCUT2D eigenvalue weighted by atomic mass is 10.1. The normalized spacial score (nSPS) is 17.0. The number of carbonyl (C=O) groups excluding carboxylic acids is 1. The SMILES string of the molecule is CNc1cncc([C@H]2CCCN2C(=O)CCn2cnc3ccccc32)n1. The van der Waals surface area contributed by atoms with Crippen LogP contribution < -0.4 is 5.32 Å². The van der Waals surface area contributed by atoms with Crippen LogP contribution in [-0.2, 0) is 11.3 Å². The van der Waals surface area contributed by atoms with E-state index in [1.807, 2.05) is 40.8 Å². The second kappa shape index (κ2) is 7.11. The predicted molar refractivity (Wildman–Crippen MR) is 99.6 cm³/mol. The maximum atomic E-state index is 12.8. The molecule has 0 spiro atoms. The molecule has 7 heteroatoms. The number of carbonyl (C=O) groups is 1. The van der Waals surface area contributed by atoms with Crippen LogP contribution in [0.25, 0.3) is 11.0 Å². The van der Waals surface area contributed by atoms with Gasteiger partial charge in [0.2, 0.25) is 5.91 Å². The highest BCUT2D eigenvalue weighted by Crippen LogP contribution is 2.31. The first-order valence-corrected chi connectivity index (χ1v) is 8.95. The molecule has 1 fully saturated rings. The van der Waals surface area contributed by atoms with Crippen molar-refractivity contribution in [2.75, 3.05) is 18.9 Å². The number of aryl methyl sites for hydroxylation is 1. The zero-order valence-corrected chi connectivity index (χ0v) is 14.8. The Bertz CT molecular complexity index is 921. The molecular weight excluding hydrogens is 328 g/mol. The molecule has 0 aliphatic carbocycles. The van der Waals surface area contributed by atoms with Crippen LogP contribution in [0.1, 0.15) is 31.0 Å². The van der Waals surface area contributed by atoms with Crippen molar-refractivity contribution in [2.24, 2.45) is 0 Å². The number of hydrogen-bond donors (Lipinski definition) is 1. The number of imidazole rings is 1. The van der Waals surface area contributed by atoms with Gasteiger partial charge in [0.15, 0.2) is 0 Å². The number of rotatable bonds is 5. The van der Waals surface area contributed by atoms with Gasteiger partial charge in [-0.25, -0.2) is 9.97 Å². The standard InChI is InChI=1S/C19H22N6O/c1-20-18-12-21-11-15(23-18)17-7-4-9-25(17)19(26)8-10-24-13-22-14-5-2-3-6-16(14)24/h2-3,5-6,11-13,17H,4,7-10H2,1H3,(H,20,23)/t17-/m1/s1. The number of fused-ring (bicyclic) bond motifs is 1. The molecule has 1 saturated heterocycles. The van der Waals surface area contributed by atoms with E-state index in [2.05, 4.69) is 20.3 Å². The highest BCUT2D eigenvalue weighted by Gasteiger charge is 2.31. The number of hydrogen-bond acceptors (Lipinski definition) is 5. The minimum Gasteiger partial charge on any atom is -0.372 e. The second-order valence-electron chi connectivity index (χ2n) is 6.50. The molecule has 1 amide bonds. The van der Waals surface area contributed by atoms with Crippen LogP contribution in [0.15, 0.2) is 43.0 Å². The van der Waals surface area contributed by atoms with Crippen LogP contribution >= 0.6 is 0 Å². The van der Waals surface area contributed by atoms with Crippen LogP contribution in [0, 0.1) is 0 Å². The molecule has 3 aromatic rings. The molecule has 1 aliphatic heterocycles. The van der Waals surface area contributed by atoms with Crippen molar-refractivity contribution in [1.82, 2.24) is 24.4 Å². The Morgan fingerprint density at radius 3 is 3.08 bits per heavy atom. The number of amides is 1. The Kier molecular flexibility index (Phi) is 4.51. The van der Waals surface area contributed by atoms with E-state index in [9.17, 15) is 4.79 Å². The van der Waals surface area contributed by atoms with Gasteiger partial charge >= 0.3 is 0 Å². The van der Waals surface area contributed by atoms with E-state index in [1.54, 1.807) is 18.7 Å². The maximum Gasteiger partial charge on any atom is 0.224 e. The van der Waals surface area contributed by atoms with Gasteiger partial charge < -0.3 is 14.8 Å². The molecule has 1 aliphatic rings. The Morgan fingerprint density at radius 1 is 1.31 bits per heavy atom. The lowest BCUT2D eigenvalue weighted by Gasteiger charge is -2.24. The van der Waals surface area contributed by atoms with Gasteiger partial charge in [0.1, 0.15) is 5.82 Å². The first kappa shape index (κ1) is 16.5. The monoisotopic (exact) mass is 350 g/mol. The Morgan fingerprint density at radius 2 is 2.19 bits per heavy atom. The minimum atomic E-state index is 0.0165. The predicted octanol–water partition coefficient (Wildman–Crippen LogP) is 2.62. The van der Waals surface area contributed by atoms with Crippen molar-refractivity contribution in [3.63, 3.8) is 0 Å². The minimum absolute atomic E-state index is 0.0165. The van der Waals surface area contributed by atoms with Gasteiger partial charge in [-0.2, -0.15) is 0 Å². The van der Waals surface area contributed by atoms with Crippen molar-refractivity contribution >= 4 is 22.8 Å². The molecule has 3 heterocycles. The summed E-state index contributed by atoms with van der Waals surface area (Å²) < 4.78 is 2.04. The molecule has 4 rings (SSSR count). The Balaban J connectivity index is 1.46. The molecule has 134 valence electrons. The van der Waals surface area contributed by atoms with Crippen LogP contribution in [0.4, 0.5) is 5.82 Å². The number of nitrogens with one attached hydrogen (secondary N) is 1. The lowest BCUT2D eigenvalue weighted by Crippen LogP contribution is -2.31. The van der Waals surface area contributed by atoms with Crippen molar-refractivity contribution in [2.45, 2.75) is 31.8 Å². The molecule has 26 heavy (non-hydrogen) atoms. The zero-order valence-electron chi connectivity index (χ0n) is 14.8. The zero-order chi connectivity index (χ0) is 17.9. The summed E-state index contributed by atoms with van der Waals surface area (Å²) in [5, 5.41) is 3.01. The fourth-order valence-electron chi connectivity index (χ4n) is 3.58. The summed E-state index contributed by atoms with van der Waals surface area (Å²) in [6.45, 7) is 1.41. The van der Waals surface area contributed by atoms with E-state index in [-0.39, 0.29) is 11.9 Å². The maximum absolute atomic E-state index is 12.8. The first-order valence-electron chi connectivity index (χ1n) is 8.95. The quantitative estimate of drug-likeness (QED) is 0.765. The van der Waals surface area contributed by atoms with Crippen LogP contribution in [0.2, 0.25) is 0 Å². The van der Waals surface area contributed by atoms with E-state index in [1.165, 1.54) is 0 Å². The van der Waals surface area contributed by atoms with Crippen molar-refractivity contribution in [3.05, 3.63) is 48.7 Å². The second-order valence-corrected chi connectivity index (χ2v) is 6.50. The van der Waals surface area contributed by atoms with Crippen molar-refractivity contribution < 1.29 is 4.79 Å². The average Bonchev–Trinajstić information content (AvgIpc) is 3.33. The summed E-state index contributed by atoms with van der Waals surface area (Å²) in [6.07, 6.45) is 7.64. The number of aromatic nitrogens is 4. The number of benzene rings is 1. The van der Waals surface area contributed by atoms with Crippen LogP contribution in [-0.4, -0.2) is 43.9 Å². The summed E-state index contributed by atoms with van der Waals surface area (Å²) in [4.78, 5) is 28.0. The third-order valence-corrected chi connectivity index (χ3v) is 4.92. The molecular formula is C19H22N6O. The van der Waals surface area contributed by atoms with Gasteiger partial charge in [-0.1, -0.05) is 12.1 Å². The van der Waals surface area contributed by atoms with Crippen LogP contribution in [0.3, 0.4) is 0 Å². The smallest absolute Gasteiger partial charge is 0.224 e. The first-order chi connectivity index (χ1) is 12.8. The third-order valence-electron chi connectivity index (χ3n) is 4.92. The highest BCUT2D eigenvalue weighted by molar-refractivity contribution is 5.78. The summed E-state index contributed by atoms with van der Waals surface area (Å²) >= 11 is 0. The van der Waals surface area contributed by atoms with Gasteiger partial charge in [0.25, 0.3) is 0 Å². The average molecular weight is 350 g/mol. The molecule has 1 aromatic carbocycles. The third kappa shape index (κ3) is 3.12. The van der Waals surface area contributed by atoms with Crippen molar-refractivity contribution in [3.8, 4) is 0 Å².